The molecule has 1 aliphatic rings. The topological polar surface area (TPSA) is 71.8 Å². The molecule has 3 rings (SSSR count). The molecule has 2 heterocycles. The van der Waals surface area contributed by atoms with E-state index in [4.69, 9.17) is 11.6 Å². The minimum Gasteiger partial charge on any atom is -0.365 e. The number of hydrogen-bond acceptors (Lipinski definition) is 4. The van der Waals surface area contributed by atoms with Gasteiger partial charge < -0.3 is 10.6 Å². The van der Waals surface area contributed by atoms with Gasteiger partial charge in [-0.25, -0.2) is 9.37 Å². The van der Waals surface area contributed by atoms with Gasteiger partial charge in [-0.1, -0.05) is 18.5 Å². The molecule has 6 nitrogen and oxygen atoms in total. The maximum Gasteiger partial charge on any atom is 0.223 e. The SMILES string of the molecule is CCCn1cc(CNC(=O)C2CCC(Nc3ncc(Cl)cc3F)CC2)cn1. The van der Waals surface area contributed by atoms with E-state index >= 15 is 0 Å². The number of nitrogens with one attached hydrogen (secondary N) is 2. The largest absolute Gasteiger partial charge is 0.365 e. The Hall–Kier alpha value is -2.15. The molecule has 0 radical (unpaired) electrons. The van der Waals surface area contributed by atoms with E-state index in [0.29, 0.717) is 6.54 Å². The third-order valence-corrected chi connectivity index (χ3v) is 5.06. The van der Waals surface area contributed by atoms with Gasteiger partial charge in [-0.2, -0.15) is 5.10 Å². The van der Waals surface area contributed by atoms with Gasteiger partial charge in [-0.05, 0) is 38.2 Å². The summed E-state index contributed by atoms with van der Waals surface area (Å²) in [6.07, 6.45) is 9.37. The normalized spacial score (nSPS) is 19.7. The van der Waals surface area contributed by atoms with Crippen molar-refractivity contribution in [2.75, 3.05) is 5.32 Å². The van der Waals surface area contributed by atoms with Crippen LogP contribution in [0.1, 0.15) is 44.6 Å². The van der Waals surface area contributed by atoms with E-state index in [2.05, 4.69) is 27.6 Å². The molecule has 0 spiro atoms. The molecular weight excluding hydrogens is 369 g/mol. The van der Waals surface area contributed by atoms with Crippen molar-refractivity contribution in [2.45, 2.75) is 58.2 Å². The standard InChI is InChI=1S/C19H25ClFN5O/c1-2-7-26-12-13(10-24-26)9-23-19(27)14-3-5-16(6-4-14)25-18-17(21)8-15(20)11-22-18/h8,10-12,14,16H,2-7,9H2,1H3,(H,22,25)(H,23,27). The summed E-state index contributed by atoms with van der Waals surface area (Å²) in [5.74, 6) is -0.161. The van der Waals surface area contributed by atoms with Crippen LogP contribution in [0.15, 0.2) is 24.7 Å². The van der Waals surface area contributed by atoms with Gasteiger partial charge in [-0.15, -0.1) is 0 Å². The van der Waals surface area contributed by atoms with E-state index in [0.717, 1.165) is 44.2 Å². The summed E-state index contributed by atoms with van der Waals surface area (Å²) >= 11 is 5.72. The number of anilines is 1. The smallest absolute Gasteiger partial charge is 0.223 e. The van der Waals surface area contributed by atoms with Crippen molar-refractivity contribution in [3.8, 4) is 0 Å². The molecule has 0 saturated heterocycles. The summed E-state index contributed by atoms with van der Waals surface area (Å²) in [7, 11) is 0. The van der Waals surface area contributed by atoms with Gasteiger partial charge in [0, 0.05) is 43.0 Å². The molecule has 1 aliphatic carbocycles. The van der Waals surface area contributed by atoms with E-state index in [9.17, 15) is 9.18 Å². The Labute approximate surface area is 163 Å². The summed E-state index contributed by atoms with van der Waals surface area (Å²) in [6, 6.07) is 1.36. The van der Waals surface area contributed by atoms with Gasteiger partial charge in [-0.3, -0.25) is 9.48 Å². The molecule has 1 fully saturated rings. The molecule has 2 N–H and O–H groups in total. The Morgan fingerprint density at radius 3 is 2.81 bits per heavy atom. The van der Waals surface area contributed by atoms with Crippen molar-refractivity contribution < 1.29 is 9.18 Å². The molecule has 2 aromatic rings. The van der Waals surface area contributed by atoms with Gasteiger partial charge in [0.1, 0.15) is 0 Å². The Morgan fingerprint density at radius 2 is 2.11 bits per heavy atom. The van der Waals surface area contributed by atoms with Crippen LogP contribution in [0.5, 0.6) is 0 Å². The number of amides is 1. The minimum atomic E-state index is -0.453. The van der Waals surface area contributed by atoms with Gasteiger partial charge in [0.05, 0.1) is 11.2 Å². The quantitative estimate of drug-likeness (QED) is 0.751. The number of aryl methyl sites for hydroxylation is 1. The lowest BCUT2D eigenvalue weighted by Gasteiger charge is -2.28. The first-order chi connectivity index (χ1) is 13.0. The van der Waals surface area contributed by atoms with Gasteiger partial charge in [0.2, 0.25) is 5.91 Å². The molecular formula is C19H25ClFN5O. The predicted octanol–water partition coefficient (Wildman–Crippen LogP) is 3.77. The van der Waals surface area contributed by atoms with Crippen molar-refractivity contribution in [2.24, 2.45) is 5.92 Å². The highest BCUT2D eigenvalue weighted by molar-refractivity contribution is 6.30. The van der Waals surface area contributed by atoms with E-state index in [1.54, 1.807) is 6.20 Å². The van der Waals surface area contributed by atoms with Crippen LogP contribution < -0.4 is 10.6 Å². The number of carbonyl (C=O) groups excluding carboxylic acids is 1. The molecule has 1 amide bonds. The first kappa shape index (κ1) is 19.6. The maximum atomic E-state index is 13.8. The van der Waals surface area contributed by atoms with Crippen molar-refractivity contribution in [3.63, 3.8) is 0 Å². The van der Waals surface area contributed by atoms with Crippen LogP contribution in [-0.4, -0.2) is 26.7 Å². The second-order valence-corrected chi connectivity index (χ2v) is 7.44. The summed E-state index contributed by atoms with van der Waals surface area (Å²) in [6.45, 7) is 3.49. The molecule has 27 heavy (non-hydrogen) atoms. The molecule has 0 aliphatic heterocycles. The summed E-state index contributed by atoms with van der Waals surface area (Å²) < 4.78 is 15.7. The number of pyridine rings is 1. The third-order valence-electron chi connectivity index (χ3n) is 4.85. The first-order valence-corrected chi connectivity index (χ1v) is 9.79. The Balaban J connectivity index is 1.43. The highest BCUT2D eigenvalue weighted by Gasteiger charge is 2.26. The monoisotopic (exact) mass is 393 g/mol. The summed E-state index contributed by atoms with van der Waals surface area (Å²) in [4.78, 5) is 16.4. The molecule has 0 unspecified atom stereocenters. The highest BCUT2D eigenvalue weighted by Crippen LogP contribution is 2.27. The van der Waals surface area contributed by atoms with E-state index < -0.39 is 5.82 Å². The van der Waals surface area contributed by atoms with Gasteiger partial charge >= 0.3 is 0 Å². The van der Waals surface area contributed by atoms with E-state index in [1.165, 1.54) is 12.3 Å². The predicted molar refractivity (Wildman–Crippen MR) is 103 cm³/mol. The lowest BCUT2D eigenvalue weighted by molar-refractivity contribution is -0.126. The van der Waals surface area contributed by atoms with Crippen molar-refractivity contribution in [1.29, 1.82) is 0 Å². The van der Waals surface area contributed by atoms with Crippen LogP contribution in [-0.2, 0) is 17.9 Å². The number of hydrogen-bond donors (Lipinski definition) is 2. The molecule has 2 aromatic heterocycles. The zero-order valence-corrected chi connectivity index (χ0v) is 16.2. The second kappa shape index (κ2) is 9.17. The third kappa shape index (κ3) is 5.42. The van der Waals surface area contributed by atoms with Crippen LogP contribution in [0.25, 0.3) is 0 Å². The van der Waals surface area contributed by atoms with E-state index in [1.807, 2.05) is 10.9 Å². The molecule has 8 heteroatoms. The zero-order chi connectivity index (χ0) is 19.2. The summed E-state index contributed by atoms with van der Waals surface area (Å²) in [5.41, 5.74) is 1.01. The molecule has 0 atom stereocenters. The Kier molecular flexibility index (Phi) is 6.66. The van der Waals surface area contributed by atoms with Crippen LogP contribution in [0.3, 0.4) is 0 Å². The fraction of sp³-hybridized carbons (Fsp3) is 0.526. The van der Waals surface area contributed by atoms with Crippen molar-refractivity contribution >= 4 is 23.3 Å². The fourth-order valence-electron chi connectivity index (χ4n) is 3.40. The minimum absolute atomic E-state index is 0.00300. The van der Waals surface area contributed by atoms with Crippen LogP contribution in [0.2, 0.25) is 5.02 Å². The van der Waals surface area contributed by atoms with Gasteiger partial charge in [0.15, 0.2) is 11.6 Å². The van der Waals surface area contributed by atoms with E-state index in [-0.39, 0.29) is 28.7 Å². The number of nitrogens with zero attached hydrogens (tertiary/aromatic N) is 3. The Bertz CT molecular complexity index is 773. The molecule has 0 bridgehead atoms. The maximum absolute atomic E-state index is 13.8. The first-order valence-electron chi connectivity index (χ1n) is 9.41. The fourth-order valence-corrected chi connectivity index (χ4v) is 3.54. The van der Waals surface area contributed by atoms with Gasteiger partial charge in [0.25, 0.3) is 0 Å². The summed E-state index contributed by atoms with van der Waals surface area (Å²) in [5, 5.41) is 10.7. The zero-order valence-electron chi connectivity index (χ0n) is 15.4. The van der Waals surface area contributed by atoms with Crippen molar-refractivity contribution in [3.05, 3.63) is 41.1 Å². The van der Waals surface area contributed by atoms with Crippen LogP contribution in [0.4, 0.5) is 10.2 Å². The lowest BCUT2D eigenvalue weighted by Crippen LogP contribution is -2.35. The van der Waals surface area contributed by atoms with Crippen molar-refractivity contribution in [1.82, 2.24) is 20.1 Å². The number of halogens is 2. The number of aromatic nitrogens is 3. The van der Waals surface area contributed by atoms with Crippen LogP contribution >= 0.6 is 11.6 Å². The number of carbonyl (C=O) groups is 1. The number of rotatable bonds is 7. The highest BCUT2D eigenvalue weighted by atomic mass is 35.5. The lowest BCUT2D eigenvalue weighted by atomic mass is 9.85. The van der Waals surface area contributed by atoms with Crippen LogP contribution in [0, 0.1) is 11.7 Å². The second-order valence-electron chi connectivity index (χ2n) is 7.01. The Morgan fingerprint density at radius 1 is 1.33 bits per heavy atom. The molecule has 0 aromatic carbocycles. The molecule has 146 valence electrons. The average Bonchev–Trinajstić information content (AvgIpc) is 3.10. The molecule has 1 saturated carbocycles. The average molecular weight is 394 g/mol.